The lowest BCUT2D eigenvalue weighted by atomic mass is 10.0. The smallest absolute Gasteiger partial charge is 0.407 e. The molecule has 3 rings (SSSR count). The maximum atomic E-state index is 11.8. The number of ether oxygens (including phenoxy) is 1. The van der Waals surface area contributed by atoms with Gasteiger partial charge in [0, 0.05) is 18.2 Å². The van der Waals surface area contributed by atoms with Crippen LogP contribution in [0.5, 0.6) is 5.75 Å². The molecule has 0 unspecified atom stereocenters. The number of carbonyl (C=O) groups is 1. The molecule has 28 heavy (non-hydrogen) atoms. The van der Waals surface area contributed by atoms with E-state index in [1.165, 1.54) is 12.5 Å². The molecule has 0 saturated heterocycles. The van der Waals surface area contributed by atoms with Gasteiger partial charge >= 0.3 is 6.09 Å². The topological polar surface area (TPSA) is 88.8 Å². The molecule has 0 aliphatic heterocycles. The number of aromatic nitrogens is 3. The number of amides is 1. The molecular weight excluding hydrogens is 356 g/mol. The summed E-state index contributed by atoms with van der Waals surface area (Å²) in [6.45, 7) is 11.8. The van der Waals surface area contributed by atoms with Crippen LogP contribution in [-0.2, 0) is 11.3 Å². The highest BCUT2D eigenvalue weighted by molar-refractivity contribution is 5.78. The van der Waals surface area contributed by atoms with E-state index in [1.807, 2.05) is 59.7 Å². The number of hydrogen-bond donors (Lipinski definition) is 2. The molecule has 0 fully saturated rings. The lowest BCUT2D eigenvalue weighted by Gasteiger charge is -2.20. The maximum Gasteiger partial charge on any atom is 0.407 e. The SMILES string of the molecule is CC.Cc1cc(-c2ncnn3cc(O)cc23)ccc1CNC(=O)OC(C)(C)C. The van der Waals surface area contributed by atoms with Crippen molar-refractivity contribution >= 4 is 11.6 Å². The summed E-state index contributed by atoms with van der Waals surface area (Å²) < 4.78 is 6.84. The monoisotopic (exact) mass is 384 g/mol. The normalized spacial score (nSPS) is 10.9. The Kier molecular flexibility index (Phi) is 6.62. The second-order valence-electron chi connectivity index (χ2n) is 7.13. The number of carbonyl (C=O) groups excluding carboxylic acids is 1. The average Bonchev–Trinajstić information content (AvgIpc) is 3.01. The highest BCUT2D eigenvalue weighted by atomic mass is 16.6. The van der Waals surface area contributed by atoms with E-state index in [0.29, 0.717) is 6.54 Å². The van der Waals surface area contributed by atoms with Crippen molar-refractivity contribution in [1.29, 1.82) is 0 Å². The van der Waals surface area contributed by atoms with Crippen LogP contribution in [0.25, 0.3) is 16.8 Å². The van der Waals surface area contributed by atoms with Crippen molar-refractivity contribution < 1.29 is 14.6 Å². The lowest BCUT2D eigenvalue weighted by Crippen LogP contribution is -2.32. The highest BCUT2D eigenvalue weighted by Crippen LogP contribution is 2.27. The standard InChI is InChI=1S/C19H22N4O3.C2H6/c1-12-7-13(17-16-8-15(24)10-23(16)22-11-21-17)5-6-14(12)9-20-18(25)26-19(2,3)4;1-2/h5-8,10-11,24H,9H2,1-4H3,(H,20,25);1-2H3. The molecule has 0 aliphatic carbocycles. The highest BCUT2D eigenvalue weighted by Gasteiger charge is 2.16. The molecular formula is C21H28N4O3. The first kappa shape index (κ1) is 21.2. The zero-order chi connectivity index (χ0) is 20.9. The van der Waals surface area contributed by atoms with Crippen LogP contribution in [0.2, 0.25) is 0 Å². The third-order valence-electron chi connectivity index (χ3n) is 3.83. The van der Waals surface area contributed by atoms with Crippen molar-refractivity contribution in [3.8, 4) is 17.0 Å². The second-order valence-corrected chi connectivity index (χ2v) is 7.13. The summed E-state index contributed by atoms with van der Waals surface area (Å²) in [5.74, 6) is 0.140. The number of hydrogen-bond acceptors (Lipinski definition) is 5. The van der Waals surface area contributed by atoms with Gasteiger partial charge in [0.25, 0.3) is 0 Å². The molecule has 3 aromatic rings. The first-order chi connectivity index (χ1) is 13.2. The third-order valence-corrected chi connectivity index (χ3v) is 3.83. The van der Waals surface area contributed by atoms with E-state index >= 15 is 0 Å². The summed E-state index contributed by atoms with van der Waals surface area (Å²) in [4.78, 5) is 16.1. The second kappa shape index (κ2) is 8.73. The van der Waals surface area contributed by atoms with Gasteiger partial charge in [-0.2, -0.15) is 5.10 Å². The van der Waals surface area contributed by atoms with Crippen LogP contribution in [0.1, 0.15) is 45.7 Å². The van der Waals surface area contributed by atoms with Crippen LogP contribution >= 0.6 is 0 Å². The lowest BCUT2D eigenvalue weighted by molar-refractivity contribution is 0.0523. The Labute approximate surface area is 165 Å². The minimum absolute atomic E-state index is 0.140. The first-order valence-corrected chi connectivity index (χ1v) is 9.32. The molecule has 0 spiro atoms. The summed E-state index contributed by atoms with van der Waals surface area (Å²) >= 11 is 0. The summed E-state index contributed by atoms with van der Waals surface area (Å²) in [7, 11) is 0. The first-order valence-electron chi connectivity index (χ1n) is 9.32. The number of nitrogens with zero attached hydrogens (tertiary/aromatic N) is 3. The van der Waals surface area contributed by atoms with Gasteiger partial charge in [-0.05, 0) is 44.9 Å². The van der Waals surface area contributed by atoms with Crippen LogP contribution in [0.3, 0.4) is 0 Å². The van der Waals surface area contributed by atoms with Crippen LogP contribution in [0.15, 0.2) is 36.8 Å². The van der Waals surface area contributed by atoms with Crippen molar-refractivity contribution in [2.45, 2.75) is 53.7 Å². The number of aromatic hydroxyl groups is 1. The van der Waals surface area contributed by atoms with Gasteiger partial charge in [-0.3, -0.25) is 0 Å². The van der Waals surface area contributed by atoms with Crippen molar-refractivity contribution in [2.75, 3.05) is 0 Å². The van der Waals surface area contributed by atoms with Gasteiger partial charge in [0.05, 0.1) is 17.4 Å². The molecule has 2 heterocycles. The molecule has 0 radical (unpaired) electrons. The number of benzene rings is 1. The Morgan fingerprint density at radius 2 is 1.96 bits per heavy atom. The van der Waals surface area contributed by atoms with E-state index in [4.69, 9.17) is 4.74 Å². The Hall–Kier alpha value is -3.09. The van der Waals surface area contributed by atoms with E-state index in [1.54, 1.807) is 10.6 Å². The zero-order valence-electron chi connectivity index (χ0n) is 17.3. The Morgan fingerprint density at radius 3 is 2.61 bits per heavy atom. The van der Waals surface area contributed by atoms with Gasteiger partial charge < -0.3 is 15.2 Å². The number of alkyl carbamates (subject to hydrolysis) is 1. The van der Waals surface area contributed by atoms with Gasteiger partial charge in [0.1, 0.15) is 17.7 Å². The molecule has 7 heteroatoms. The molecule has 0 bridgehead atoms. The molecule has 0 aliphatic rings. The van der Waals surface area contributed by atoms with Gasteiger partial charge in [0.15, 0.2) is 0 Å². The van der Waals surface area contributed by atoms with Crippen molar-refractivity contribution in [1.82, 2.24) is 19.9 Å². The fourth-order valence-corrected chi connectivity index (χ4v) is 2.66. The van der Waals surface area contributed by atoms with Crippen LogP contribution in [-0.4, -0.2) is 31.4 Å². The van der Waals surface area contributed by atoms with Crippen LogP contribution in [0, 0.1) is 6.92 Å². The summed E-state index contributed by atoms with van der Waals surface area (Å²) in [5, 5.41) is 16.5. The fourth-order valence-electron chi connectivity index (χ4n) is 2.66. The van der Waals surface area contributed by atoms with E-state index in [-0.39, 0.29) is 5.75 Å². The predicted molar refractivity (Wildman–Crippen MR) is 109 cm³/mol. The van der Waals surface area contributed by atoms with Gasteiger partial charge in [-0.25, -0.2) is 14.3 Å². The third kappa shape index (κ3) is 5.22. The summed E-state index contributed by atoms with van der Waals surface area (Å²) in [6.07, 6.45) is 2.55. The quantitative estimate of drug-likeness (QED) is 0.696. The fraction of sp³-hybridized carbons (Fsp3) is 0.381. The van der Waals surface area contributed by atoms with Crippen LogP contribution < -0.4 is 5.32 Å². The summed E-state index contributed by atoms with van der Waals surface area (Å²) in [5.41, 5.74) is 3.85. The average molecular weight is 384 g/mol. The number of nitrogens with one attached hydrogen (secondary N) is 1. The van der Waals surface area contributed by atoms with Crippen molar-refractivity contribution in [3.63, 3.8) is 0 Å². The molecule has 7 nitrogen and oxygen atoms in total. The summed E-state index contributed by atoms with van der Waals surface area (Å²) in [6, 6.07) is 7.51. The van der Waals surface area contributed by atoms with E-state index in [2.05, 4.69) is 15.4 Å². The largest absolute Gasteiger partial charge is 0.506 e. The Balaban J connectivity index is 0.00000136. The molecule has 1 aromatic carbocycles. The van der Waals surface area contributed by atoms with E-state index in [9.17, 15) is 9.90 Å². The van der Waals surface area contributed by atoms with Crippen molar-refractivity contribution in [3.05, 3.63) is 47.9 Å². The molecule has 0 atom stereocenters. The minimum atomic E-state index is -0.524. The van der Waals surface area contributed by atoms with Gasteiger partial charge in [0.2, 0.25) is 0 Å². The number of fused-ring (bicyclic) bond motifs is 1. The molecule has 2 aromatic heterocycles. The Bertz CT molecular complexity index is 958. The zero-order valence-corrected chi connectivity index (χ0v) is 17.3. The minimum Gasteiger partial charge on any atom is -0.506 e. The predicted octanol–water partition coefficient (Wildman–Crippen LogP) is 4.46. The van der Waals surface area contributed by atoms with E-state index < -0.39 is 11.7 Å². The number of aryl methyl sites for hydroxylation is 1. The molecule has 0 saturated carbocycles. The molecule has 1 amide bonds. The van der Waals surface area contributed by atoms with E-state index in [0.717, 1.165) is 27.9 Å². The molecule has 150 valence electrons. The van der Waals surface area contributed by atoms with Gasteiger partial charge in [-0.15, -0.1) is 0 Å². The Morgan fingerprint density at radius 1 is 1.25 bits per heavy atom. The number of rotatable bonds is 3. The van der Waals surface area contributed by atoms with Gasteiger partial charge in [-0.1, -0.05) is 26.0 Å². The maximum absolute atomic E-state index is 11.8. The molecule has 2 N–H and O–H groups in total. The van der Waals surface area contributed by atoms with Crippen molar-refractivity contribution in [2.24, 2.45) is 0 Å². The van der Waals surface area contributed by atoms with Crippen LogP contribution in [0.4, 0.5) is 4.79 Å².